The number of imidazole rings is 1. The Hall–Kier alpha value is -4.36. The van der Waals surface area contributed by atoms with Gasteiger partial charge in [0, 0.05) is 72.9 Å². The van der Waals surface area contributed by atoms with Crippen molar-refractivity contribution in [3.8, 4) is 28.4 Å². The van der Waals surface area contributed by atoms with Crippen molar-refractivity contribution in [3.63, 3.8) is 0 Å². The van der Waals surface area contributed by atoms with E-state index in [1.165, 1.54) is 0 Å². The van der Waals surface area contributed by atoms with E-state index >= 15 is 0 Å². The third-order valence-corrected chi connectivity index (χ3v) is 7.76. The Bertz CT molecular complexity index is 1640. The second kappa shape index (κ2) is 14.4. The van der Waals surface area contributed by atoms with Gasteiger partial charge in [0.15, 0.2) is 5.82 Å². The maximum Gasteiger partial charge on any atom is 0.291 e. The SMILES string of the molecule is COc1nc(-c2ccnc(-c3cccc(NC(=O)c4ncc(CNCCO)[nH]4)c3C)c2Cl)ccc1CNC[C@H]1CCC(=O)N1. The van der Waals surface area contributed by atoms with Gasteiger partial charge in [0.25, 0.3) is 5.91 Å². The summed E-state index contributed by atoms with van der Waals surface area (Å²) in [5, 5.41) is 21.6. The first-order chi connectivity index (χ1) is 21.4. The molecule has 1 atom stereocenters. The molecule has 1 aliphatic rings. The van der Waals surface area contributed by atoms with E-state index in [1.807, 2.05) is 31.2 Å². The van der Waals surface area contributed by atoms with Crippen LogP contribution >= 0.6 is 11.6 Å². The minimum absolute atomic E-state index is 0.0255. The second-order valence-corrected chi connectivity index (χ2v) is 10.8. The van der Waals surface area contributed by atoms with Gasteiger partial charge in [-0.3, -0.25) is 14.6 Å². The smallest absolute Gasteiger partial charge is 0.291 e. The number of H-pyrrole nitrogens is 1. The number of amides is 2. The van der Waals surface area contributed by atoms with Crippen LogP contribution in [0, 0.1) is 6.92 Å². The van der Waals surface area contributed by atoms with Crippen molar-refractivity contribution in [2.45, 2.75) is 38.9 Å². The van der Waals surface area contributed by atoms with Gasteiger partial charge in [-0.1, -0.05) is 29.8 Å². The van der Waals surface area contributed by atoms with Gasteiger partial charge >= 0.3 is 0 Å². The number of nitrogens with one attached hydrogen (secondary N) is 5. The molecule has 6 N–H and O–H groups in total. The number of halogens is 1. The summed E-state index contributed by atoms with van der Waals surface area (Å²) in [6, 6.07) is 11.3. The third kappa shape index (κ3) is 7.22. The van der Waals surface area contributed by atoms with Gasteiger partial charge in [-0.2, -0.15) is 0 Å². The third-order valence-electron chi connectivity index (χ3n) is 7.37. The molecule has 1 aromatic carbocycles. The van der Waals surface area contributed by atoms with E-state index in [0.29, 0.717) is 66.1 Å². The molecule has 0 saturated carbocycles. The Morgan fingerprint density at radius 2 is 2.00 bits per heavy atom. The van der Waals surface area contributed by atoms with Crippen LogP contribution < -0.4 is 26.0 Å². The summed E-state index contributed by atoms with van der Waals surface area (Å²) in [6.45, 7) is 4.02. The van der Waals surface area contributed by atoms with Crippen LogP contribution in [0.15, 0.2) is 48.8 Å². The van der Waals surface area contributed by atoms with Gasteiger partial charge in [-0.05, 0) is 37.1 Å². The van der Waals surface area contributed by atoms with Gasteiger partial charge < -0.3 is 36.1 Å². The summed E-state index contributed by atoms with van der Waals surface area (Å²) in [6.07, 6.45) is 4.65. The molecule has 3 aromatic heterocycles. The van der Waals surface area contributed by atoms with Crippen molar-refractivity contribution in [2.75, 3.05) is 32.1 Å². The lowest BCUT2D eigenvalue weighted by Crippen LogP contribution is -2.35. The molecule has 0 unspecified atom stereocenters. The highest BCUT2D eigenvalue weighted by molar-refractivity contribution is 6.35. The number of aliphatic hydroxyl groups is 1. The standard InChI is InChI=1S/C31H35ClN8O4/c1-18-22(4-3-5-24(18)39-30(43)29-36-17-21(38-29)16-33-12-13-41)28-27(32)23(10-11-35-28)25-8-6-19(31(40-25)44-2)14-34-15-20-7-9-26(42)37-20/h3-6,8,10-11,17,20,33-34,41H,7,9,12-16H2,1-2H3,(H,36,38)(H,37,42)(H,39,43)/t20-/m1/s1. The molecule has 1 aliphatic heterocycles. The number of rotatable bonds is 13. The summed E-state index contributed by atoms with van der Waals surface area (Å²) in [4.78, 5) is 40.9. The maximum atomic E-state index is 12.9. The minimum atomic E-state index is -0.384. The molecule has 12 nitrogen and oxygen atoms in total. The number of hydrogen-bond donors (Lipinski definition) is 6. The van der Waals surface area contributed by atoms with Crippen LogP contribution in [-0.4, -0.2) is 69.7 Å². The Morgan fingerprint density at radius 1 is 1.14 bits per heavy atom. The van der Waals surface area contributed by atoms with Crippen molar-refractivity contribution in [1.82, 2.24) is 35.9 Å². The molecule has 1 fully saturated rings. The van der Waals surface area contributed by atoms with Crippen LogP contribution in [0.3, 0.4) is 0 Å². The van der Waals surface area contributed by atoms with E-state index in [0.717, 1.165) is 28.8 Å². The summed E-state index contributed by atoms with van der Waals surface area (Å²) >= 11 is 6.95. The van der Waals surface area contributed by atoms with Crippen LogP contribution in [0.1, 0.15) is 40.3 Å². The predicted molar refractivity (Wildman–Crippen MR) is 167 cm³/mol. The van der Waals surface area contributed by atoms with Gasteiger partial charge in [0.05, 0.1) is 36.3 Å². The number of carbonyl (C=O) groups excluding carboxylic acids is 2. The van der Waals surface area contributed by atoms with E-state index < -0.39 is 0 Å². The minimum Gasteiger partial charge on any atom is -0.481 e. The Kier molecular flexibility index (Phi) is 10.2. The first kappa shape index (κ1) is 31.1. The molecule has 2 amide bonds. The van der Waals surface area contributed by atoms with Crippen LogP contribution in [0.4, 0.5) is 5.69 Å². The van der Waals surface area contributed by atoms with Gasteiger partial charge in [0.2, 0.25) is 11.8 Å². The highest BCUT2D eigenvalue weighted by atomic mass is 35.5. The number of nitrogens with zero attached hydrogens (tertiary/aromatic N) is 3. The van der Waals surface area contributed by atoms with E-state index in [9.17, 15) is 9.59 Å². The van der Waals surface area contributed by atoms with Crippen LogP contribution in [-0.2, 0) is 17.9 Å². The number of hydrogen-bond acceptors (Lipinski definition) is 9. The average Bonchev–Trinajstić information content (AvgIpc) is 3.68. The average molecular weight is 619 g/mol. The van der Waals surface area contributed by atoms with Crippen molar-refractivity contribution in [1.29, 1.82) is 0 Å². The fraction of sp³-hybridized carbons (Fsp3) is 0.323. The highest BCUT2D eigenvalue weighted by Gasteiger charge is 2.21. The molecule has 44 heavy (non-hydrogen) atoms. The van der Waals surface area contributed by atoms with E-state index in [1.54, 1.807) is 31.6 Å². The van der Waals surface area contributed by atoms with Crippen LogP contribution in [0.25, 0.3) is 22.5 Å². The molecule has 0 bridgehead atoms. The highest BCUT2D eigenvalue weighted by Crippen LogP contribution is 2.38. The Balaban J connectivity index is 1.32. The molecule has 0 radical (unpaired) electrons. The zero-order valence-electron chi connectivity index (χ0n) is 24.5. The largest absolute Gasteiger partial charge is 0.481 e. The zero-order valence-corrected chi connectivity index (χ0v) is 25.3. The number of anilines is 1. The number of carbonyl (C=O) groups is 2. The number of ether oxygens (including phenoxy) is 1. The van der Waals surface area contributed by atoms with Gasteiger partial charge in [-0.15, -0.1) is 0 Å². The number of aromatic nitrogens is 4. The number of benzene rings is 1. The molecule has 230 valence electrons. The van der Waals surface area contributed by atoms with Crippen LogP contribution in [0.2, 0.25) is 5.02 Å². The Morgan fingerprint density at radius 3 is 2.77 bits per heavy atom. The first-order valence-corrected chi connectivity index (χ1v) is 14.7. The number of methoxy groups -OCH3 is 1. The lowest BCUT2D eigenvalue weighted by molar-refractivity contribution is -0.119. The summed E-state index contributed by atoms with van der Waals surface area (Å²) in [7, 11) is 1.58. The van der Waals surface area contributed by atoms with Crippen LogP contribution in [0.5, 0.6) is 5.88 Å². The predicted octanol–water partition coefficient (Wildman–Crippen LogP) is 3.21. The number of pyridine rings is 2. The molecule has 4 heterocycles. The molecule has 13 heteroatoms. The topological polar surface area (TPSA) is 166 Å². The molecule has 0 spiro atoms. The molecular formula is C31H35ClN8O4. The maximum absolute atomic E-state index is 12.9. The summed E-state index contributed by atoms with van der Waals surface area (Å²) in [5.74, 6) is 0.363. The van der Waals surface area contributed by atoms with E-state index in [-0.39, 0.29) is 30.3 Å². The monoisotopic (exact) mass is 618 g/mol. The van der Waals surface area contributed by atoms with Crippen molar-refractivity contribution in [3.05, 3.63) is 76.5 Å². The van der Waals surface area contributed by atoms with Gasteiger partial charge in [0.1, 0.15) is 0 Å². The Labute approximate surface area is 260 Å². The fourth-order valence-corrected chi connectivity index (χ4v) is 5.36. The number of aliphatic hydroxyl groups excluding tert-OH is 1. The summed E-state index contributed by atoms with van der Waals surface area (Å²) < 4.78 is 5.60. The van der Waals surface area contributed by atoms with Crippen molar-refractivity contribution < 1.29 is 19.4 Å². The van der Waals surface area contributed by atoms with Crippen molar-refractivity contribution >= 4 is 29.1 Å². The summed E-state index contributed by atoms with van der Waals surface area (Å²) in [5.41, 5.74) is 5.63. The first-order valence-electron chi connectivity index (χ1n) is 14.3. The van der Waals surface area contributed by atoms with E-state index in [4.69, 9.17) is 26.4 Å². The number of aromatic amines is 1. The van der Waals surface area contributed by atoms with E-state index in [2.05, 4.69) is 36.2 Å². The molecule has 0 aliphatic carbocycles. The molecule has 5 rings (SSSR count). The zero-order chi connectivity index (χ0) is 31.1. The van der Waals surface area contributed by atoms with Gasteiger partial charge in [-0.25, -0.2) is 9.97 Å². The quantitative estimate of drug-likeness (QED) is 0.123. The normalized spacial score (nSPS) is 14.5. The molecular weight excluding hydrogens is 584 g/mol. The molecule has 4 aromatic rings. The lowest BCUT2D eigenvalue weighted by Gasteiger charge is -2.15. The second-order valence-electron chi connectivity index (χ2n) is 10.4. The lowest BCUT2D eigenvalue weighted by atomic mass is 10.0. The fourth-order valence-electron chi connectivity index (χ4n) is 5.05. The van der Waals surface area contributed by atoms with Crippen molar-refractivity contribution in [2.24, 2.45) is 0 Å². The molecule has 1 saturated heterocycles.